The number of aryl methyl sites for hydroxylation is 1. The summed E-state index contributed by atoms with van der Waals surface area (Å²) in [6, 6.07) is 18.3. The maximum absolute atomic E-state index is 13.9. The number of benzene rings is 2. The average Bonchev–Trinajstić information content (AvgIpc) is 3.69. The number of amides is 1. The molecule has 4 heterocycles. The zero-order valence-corrected chi connectivity index (χ0v) is 22.8. The van der Waals surface area contributed by atoms with E-state index in [1.807, 2.05) is 47.6 Å². The van der Waals surface area contributed by atoms with Gasteiger partial charge >= 0.3 is 11.9 Å². The fraction of sp³-hybridized carbons (Fsp3) is 0.345. The van der Waals surface area contributed by atoms with Crippen molar-refractivity contribution in [3.8, 4) is 0 Å². The van der Waals surface area contributed by atoms with Crippen molar-refractivity contribution in [2.24, 2.45) is 0 Å². The molecule has 2 aromatic carbocycles. The van der Waals surface area contributed by atoms with Gasteiger partial charge in [0.2, 0.25) is 5.91 Å². The van der Waals surface area contributed by atoms with Crippen LogP contribution in [-0.2, 0) is 34.0 Å². The number of piperidine rings is 1. The molecule has 2 aliphatic heterocycles. The number of fused-ring (bicyclic) bond motifs is 1. The van der Waals surface area contributed by atoms with Crippen LogP contribution < -0.4 is 4.90 Å². The summed E-state index contributed by atoms with van der Waals surface area (Å²) in [6.07, 6.45) is 5.05. The van der Waals surface area contributed by atoms with Crippen LogP contribution in [0.3, 0.4) is 0 Å². The number of aromatic nitrogens is 3. The summed E-state index contributed by atoms with van der Waals surface area (Å²) in [6.45, 7) is 2.95. The van der Waals surface area contributed by atoms with E-state index in [1.165, 1.54) is 10.2 Å². The number of rotatable bonds is 7. The number of carboxylic acid groups (broad SMARTS) is 2. The number of carbonyl (C=O) groups is 3. The number of nitrogens with zero attached hydrogens (tertiary/aromatic N) is 6. The monoisotopic (exact) mass is 578 g/mol. The number of anilines is 1. The second-order valence-corrected chi connectivity index (χ2v) is 10.2. The average molecular weight is 579 g/mol. The van der Waals surface area contributed by atoms with Crippen LogP contribution in [0.1, 0.15) is 24.1 Å². The third kappa shape index (κ3) is 5.96. The van der Waals surface area contributed by atoms with Crippen molar-refractivity contribution in [1.29, 1.82) is 0 Å². The zero-order valence-electron chi connectivity index (χ0n) is 22.8. The number of para-hydroxylation sites is 2. The lowest BCUT2D eigenvalue weighted by Crippen LogP contribution is -2.56. The third-order valence-corrected chi connectivity index (χ3v) is 7.66. The molecule has 220 valence electrons. The highest BCUT2D eigenvalue weighted by Gasteiger charge is 2.53. The van der Waals surface area contributed by atoms with E-state index in [0.29, 0.717) is 18.9 Å². The number of carboxylic acids is 2. The number of likely N-dealkylation sites (tertiary alicyclic amines) is 1. The molecule has 0 saturated carbocycles. The lowest BCUT2D eigenvalue weighted by Gasteiger charge is -2.43. The van der Waals surface area contributed by atoms with Gasteiger partial charge in [0, 0.05) is 36.3 Å². The number of halogens is 1. The van der Waals surface area contributed by atoms with Gasteiger partial charge in [-0.3, -0.25) is 9.69 Å². The Hall–Kier alpha value is -4.78. The Morgan fingerprint density at radius 1 is 0.976 bits per heavy atom. The molecule has 2 aliphatic rings. The van der Waals surface area contributed by atoms with Crippen molar-refractivity contribution in [1.82, 2.24) is 24.8 Å². The van der Waals surface area contributed by atoms with Crippen LogP contribution in [0.5, 0.6) is 0 Å². The molecule has 4 aromatic rings. The molecule has 6 rings (SSSR count). The molecule has 0 aliphatic carbocycles. The van der Waals surface area contributed by atoms with Crippen molar-refractivity contribution < 1.29 is 33.4 Å². The molecular formula is C29H31FN6O6. The maximum atomic E-state index is 13.9. The van der Waals surface area contributed by atoms with Gasteiger partial charge in [-0.15, -0.1) is 5.10 Å². The van der Waals surface area contributed by atoms with Gasteiger partial charge in [-0.25, -0.2) is 18.7 Å². The van der Waals surface area contributed by atoms with Crippen LogP contribution in [-0.4, -0.2) is 84.8 Å². The summed E-state index contributed by atoms with van der Waals surface area (Å²) in [5.74, 6) is -3.52. The van der Waals surface area contributed by atoms with E-state index in [0.717, 1.165) is 49.1 Å². The van der Waals surface area contributed by atoms with E-state index in [1.54, 1.807) is 6.20 Å². The van der Waals surface area contributed by atoms with Crippen LogP contribution in [0.25, 0.3) is 11.0 Å². The first-order valence-electron chi connectivity index (χ1n) is 13.5. The van der Waals surface area contributed by atoms with E-state index < -0.39 is 24.2 Å². The van der Waals surface area contributed by atoms with E-state index >= 15 is 0 Å². The van der Waals surface area contributed by atoms with Crippen LogP contribution in [0.4, 0.5) is 10.1 Å². The Balaban J connectivity index is 0.000000535. The van der Waals surface area contributed by atoms with Crippen molar-refractivity contribution >= 4 is 34.5 Å². The molecule has 1 spiro atoms. The SMILES string of the molecule is O=C(O)C(=O)O.O=C1N(Cc2cn(CCF)nn2)CN(c2ccccc2)C12CCN(Cc1coc3ccccc13)CC2. The van der Waals surface area contributed by atoms with Crippen molar-refractivity contribution in [3.63, 3.8) is 0 Å². The number of hydrogen-bond donors (Lipinski definition) is 2. The summed E-state index contributed by atoms with van der Waals surface area (Å²) in [4.78, 5) is 38.7. The minimum atomic E-state index is -1.82. The zero-order chi connectivity index (χ0) is 29.7. The third-order valence-electron chi connectivity index (χ3n) is 7.66. The standard InChI is InChI=1S/C27H29FN6O2.C2H2O4/c28-12-15-33-18-22(29-30-33)17-32-20-34(23-6-2-1-3-7-23)27(26(32)35)10-13-31(14-11-27)16-21-19-36-25-9-5-4-8-24(21)25;3-1(4)2(5)6/h1-9,18-19H,10-17,20H2;(H,3,4)(H,5,6). The van der Waals surface area contributed by atoms with Gasteiger partial charge in [0.25, 0.3) is 0 Å². The van der Waals surface area contributed by atoms with Crippen LogP contribution >= 0.6 is 0 Å². The van der Waals surface area contributed by atoms with Crippen LogP contribution in [0.2, 0.25) is 0 Å². The first kappa shape index (κ1) is 28.7. The molecule has 2 fully saturated rings. The van der Waals surface area contributed by atoms with Crippen molar-refractivity contribution in [2.45, 2.75) is 38.0 Å². The van der Waals surface area contributed by atoms with Crippen molar-refractivity contribution in [3.05, 3.63) is 78.3 Å². The van der Waals surface area contributed by atoms with Gasteiger partial charge in [-0.05, 0) is 31.0 Å². The van der Waals surface area contributed by atoms with Gasteiger partial charge in [0.15, 0.2) is 0 Å². The van der Waals surface area contributed by atoms with Crippen LogP contribution in [0.15, 0.2) is 71.5 Å². The quantitative estimate of drug-likeness (QED) is 0.314. The number of carbonyl (C=O) groups excluding carboxylic acids is 1. The van der Waals surface area contributed by atoms with Gasteiger partial charge < -0.3 is 24.4 Å². The number of alkyl halides is 1. The Kier molecular flexibility index (Phi) is 8.48. The second-order valence-electron chi connectivity index (χ2n) is 10.2. The summed E-state index contributed by atoms with van der Waals surface area (Å²) in [5, 5.41) is 24.1. The Morgan fingerprint density at radius 2 is 1.67 bits per heavy atom. The number of hydrogen-bond acceptors (Lipinski definition) is 8. The highest BCUT2D eigenvalue weighted by atomic mass is 19.1. The van der Waals surface area contributed by atoms with Gasteiger partial charge in [-0.1, -0.05) is 41.6 Å². The predicted octanol–water partition coefficient (Wildman–Crippen LogP) is 2.99. The Bertz CT molecular complexity index is 1540. The molecule has 0 radical (unpaired) electrons. The number of aliphatic carboxylic acids is 2. The normalized spacial score (nSPS) is 16.5. The smallest absolute Gasteiger partial charge is 0.414 e. The summed E-state index contributed by atoms with van der Waals surface area (Å²) >= 11 is 0. The molecule has 2 aromatic heterocycles. The molecule has 2 saturated heterocycles. The largest absolute Gasteiger partial charge is 0.473 e. The fourth-order valence-corrected chi connectivity index (χ4v) is 5.60. The lowest BCUT2D eigenvalue weighted by molar-refractivity contribution is -0.159. The molecule has 0 unspecified atom stereocenters. The fourth-order valence-electron chi connectivity index (χ4n) is 5.60. The topological polar surface area (TPSA) is 145 Å². The molecular weight excluding hydrogens is 547 g/mol. The minimum absolute atomic E-state index is 0.125. The Morgan fingerprint density at radius 3 is 2.36 bits per heavy atom. The first-order valence-corrected chi connectivity index (χ1v) is 13.5. The van der Waals surface area contributed by atoms with E-state index in [-0.39, 0.29) is 12.5 Å². The van der Waals surface area contributed by atoms with Crippen LogP contribution in [0, 0.1) is 0 Å². The molecule has 13 heteroatoms. The molecule has 2 N–H and O–H groups in total. The second kappa shape index (κ2) is 12.4. The maximum Gasteiger partial charge on any atom is 0.414 e. The highest BCUT2D eigenvalue weighted by molar-refractivity contribution is 6.27. The van der Waals surface area contributed by atoms with E-state index in [9.17, 15) is 9.18 Å². The number of furan rings is 1. The van der Waals surface area contributed by atoms with Gasteiger partial charge in [-0.2, -0.15) is 0 Å². The molecule has 0 atom stereocenters. The van der Waals surface area contributed by atoms with E-state index in [2.05, 4.69) is 38.3 Å². The molecule has 0 bridgehead atoms. The predicted molar refractivity (Wildman–Crippen MR) is 149 cm³/mol. The van der Waals surface area contributed by atoms with Crippen molar-refractivity contribution in [2.75, 3.05) is 31.3 Å². The minimum Gasteiger partial charge on any atom is -0.473 e. The molecule has 1 amide bonds. The lowest BCUT2D eigenvalue weighted by atomic mass is 9.85. The van der Waals surface area contributed by atoms with Gasteiger partial charge in [0.05, 0.1) is 32.2 Å². The van der Waals surface area contributed by atoms with E-state index in [4.69, 9.17) is 24.2 Å². The summed E-state index contributed by atoms with van der Waals surface area (Å²) in [7, 11) is 0. The first-order chi connectivity index (χ1) is 20.3. The Labute approximate surface area is 240 Å². The highest BCUT2D eigenvalue weighted by Crippen LogP contribution is 2.40. The molecule has 42 heavy (non-hydrogen) atoms. The molecule has 12 nitrogen and oxygen atoms in total. The summed E-state index contributed by atoms with van der Waals surface area (Å²) < 4.78 is 19.9. The van der Waals surface area contributed by atoms with Gasteiger partial charge in [0.1, 0.15) is 23.5 Å². The summed E-state index contributed by atoms with van der Waals surface area (Å²) in [5.41, 5.74) is 3.21.